The molecule has 0 aliphatic rings. The van der Waals surface area contributed by atoms with E-state index < -0.39 is 27.0 Å². The number of aryl methyl sites for hydroxylation is 1. The van der Waals surface area contributed by atoms with Gasteiger partial charge in [0.2, 0.25) is 5.75 Å². The summed E-state index contributed by atoms with van der Waals surface area (Å²) in [5, 5.41) is 41.4. The molecule has 2 rings (SSSR count). The maximum Gasteiger partial charge on any atom is 0.318 e. The van der Waals surface area contributed by atoms with Gasteiger partial charge in [-0.15, -0.1) is 0 Å². The molecule has 0 aliphatic heterocycles. The number of rotatable bonds is 5. The van der Waals surface area contributed by atoms with E-state index >= 15 is 0 Å². The van der Waals surface area contributed by atoms with Crippen LogP contribution in [0.3, 0.4) is 0 Å². The lowest BCUT2D eigenvalue weighted by Gasteiger charge is -2.03. The monoisotopic (exact) mass is 331 g/mol. The molecular formula is C15H13N3O6. The largest absolute Gasteiger partial charge is 0.506 e. The summed E-state index contributed by atoms with van der Waals surface area (Å²) in [7, 11) is 0. The first-order valence-electron chi connectivity index (χ1n) is 6.85. The van der Waals surface area contributed by atoms with Crippen molar-refractivity contribution in [2.24, 2.45) is 4.99 Å². The van der Waals surface area contributed by atoms with Crippen LogP contribution in [0.4, 0.5) is 17.1 Å². The van der Waals surface area contributed by atoms with E-state index in [9.17, 15) is 30.4 Å². The lowest BCUT2D eigenvalue weighted by Crippen LogP contribution is -1.96. The third-order valence-electron chi connectivity index (χ3n) is 3.30. The van der Waals surface area contributed by atoms with Crippen LogP contribution in [0.25, 0.3) is 0 Å². The topological polar surface area (TPSA) is 139 Å². The molecule has 24 heavy (non-hydrogen) atoms. The van der Waals surface area contributed by atoms with E-state index in [0.717, 1.165) is 17.8 Å². The van der Waals surface area contributed by atoms with Crippen LogP contribution in [0, 0.1) is 20.2 Å². The van der Waals surface area contributed by atoms with Crippen molar-refractivity contribution in [1.82, 2.24) is 0 Å². The van der Waals surface area contributed by atoms with Crippen LogP contribution in [-0.2, 0) is 6.42 Å². The Morgan fingerprint density at radius 2 is 1.83 bits per heavy atom. The fourth-order valence-electron chi connectivity index (χ4n) is 2.00. The maximum absolute atomic E-state index is 10.9. The molecule has 0 amide bonds. The van der Waals surface area contributed by atoms with Crippen molar-refractivity contribution in [2.45, 2.75) is 13.3 Å². The average Bonchev–Trinajstić information content (AvgIpc) is 2.54. The van der Waals surface area contributed by atoms with Crippen LogP contribution >= 0.6 is 0 Å². The molecule has 0 bridgehead atoms. The highest BCUT2D eigenvalue weighted by molar-refractivity contribution is 5.89. The van der Waals surface area contributed by atoms with Crippen molar-refractivity contribution in [3.05, 3.63) is 61.7 Å². The summed E-state index contributed by atoms with van der Waals surface area (Å²) in [6, 6.07) is 6.40. The second-order valence-electron chi connectivity index (χ2n) is 4.85. The van der Waals surface area contributed by atoms with E-state index in [1.165, 1.54) is 6.07 Å². The molecule has 0 radical (unpaired) electrons. The molecule has 2 aromatic carbocycles. The highest BCUT2D eigenvalue weighted by Crippen LogP contribution is 2.34. The van der Waals surface area contributed by atoms with E-state index in [0.29, 0.717) is 12.5 Å². The summed E-state index contributed by atoms with van der Waals surface area (Å²) in [5.41, 5.74) is -0.459. The van der Waals surface area contributed by atoms with Crippen molar-refractivity contribution in [2.75, 3.05) is 0 Å². The van der Waals surface area contributed by atoms with Crippen molar-refractivity contribution >= 4 is 23.3 Å². The fraction of sp³-hybridized carbons (Fsp3) is 0.133. The van der Waals surface area contributed by atoms with Gasteiger partial charge in [-0.05, 0) is 24.1 Å². The molecule has 0 aliphatic carbocycles. The summed E-state index contributed by atoms with van der Waals surface area (Å²) in [4.78, 5) is 24.0. The van der Waals surface area contributed by atoms with E-state index in [-0.39, 0.29) is 17.0 Å². The minimum Gasteiger partial charge on any atom is -0.506 e. The minimum atomic E-state index is -0.922. The Morgan fingerprint density at radius 3 is 2.42 bits per heavy atom. The Kier molecular flexibility index (Phi) is 4.73. The predicted molar refractivity (Wildman–Crippen MR) is 86.2 cm³/mol. The second kappa shape index (κ2) is 6.73. The SMILES string of the molecule is CCc1ccc(O)c(N=Cc2cc([N+](=O)[O-])cc([N+](=O)[O-])c2O)c1. The fourth-order valence-corrected chi connectivity index (χ4v) is 2.00. The van der Waals surface area contributed by atoms with Crippen LogP contribution in [0.5, 0.6) is 11.5 Å². The van der Waals surface area contributed by atoms with Crippen molar-refractivity contribution in [3.8, 4) is 11.5 Å². The summed E-state index contributed by atoms with van der Waals surface area (Å²) in [6.07, 6.45) is 1.74. The Balaban J connectivity index is 2.52. The van der Waals surface area contributed by atoms with Gasteiger partial charge in [0.1, 0.15) is 11.4 Å². The van der Waals surface area contributed by atoms with Crippen LogP contribution in [0.2, 0.25) is 0 Å². The molecule has 2 aromatic rings. The molecule has 9 heteroatoms. The minimum absolute atomic E-state index is 0.122. The second-order valence-corrected chi connectivity index (χ2v) is 4.85. The van der Waals surface area contributed by atoms with Crippen LogP contribution in [0.15, 0.2) is 35.3 Å². The quantitative estimate of drug-likeness (QED) is 0.490. The number of nitrogens with zero attached hydrogens (tertiary/aromatic N) is 3. The Labute approximate surface area is 135 Å². The molecule has 124 valence electrons. The lowest BCUT2D eigenvalue weighted by atomic mass is 10.1. The predicted octanol–water partition coefficient (Wildman–Crippen LogP) is 3.23. The number of nitro benzene ring substituents is 2. The first-order chi connectivity index (χ1) is 11.3. The van der Waals surface area contributed by atoms with Gasteiger partial charge < -0.3 is 10.2 Å². The van der Waals surface area contributed by atoms with Gasteiger partial charge in [-0.2, -0.15) is 0 Å². The lowest BCUT2D eigenvalue weighted by molar-refractivity contribution is -0.394. The average molecular weight is 331 g/mol. The van der Waals surface area contributed by atoms with Crippen LogP contribution in [0.1, 0.15) is 18.1 Å². The molecule has 0 atom stereocenters. The number of phenols is 2. The van der Waals surface area contributed by atoms with Crippen molar-refractivity contribution < 1.29 is 20.1 Å². The Hall–Kier alpha value is -3.49. The van der Waals surface area contributed by atoms with Gasteiger partial charge in [-0.3, -0.25) is 25.2 Å². The molecule has 2 N–H and O–H groups in total. The summed E-state index contributed by atoms with van der Waals surface area (Å²) >= 11 is 0. The summed E-state index contributed by atoms with van der Waals surface area (Å²) in [6.45, 7) is 1.91. The number of aromatic hydroxyl groups is 2. The van der Waals surface area contributed by atoms with E-state index in [1.807, 2.05) is 6.92 Å². The van der Waals surface area contributed by atoms with E-state index in [2.05, 4.69) is 4.99 Å². The number of benzene rings is 2. The van der Waals surface area contributed by atoms with E-state index in [4.69, 9.17) is 0 Å². The Bertz CT molecular complexity index is 847. The first kappa shape index (κ1) is 16.9. The van der Waals surface area contributed by atoms with Gasteiger partial charge >= 0.3 is 5.69 Å². The number of aliphatic imine (C=N–C) groups is 1. The van der Waals surface area contributed by atoms with Crippen molar-refractivity contribution in [1.29, 1.82) is 0 Å². The number of nitro groups is 2. The maximum atomic E-state index is 10.9. The molecule has 0 unspecified atom stereocenters. The number of phenolic OH excluding ortho intramolecular Hbond substituents is 2. The highest BCUT2D eigenvalue weighted by atomic mass is 16.6. The third-order valence-corrected chi connectivity index (χ3v) is 3.30. The van der Waals surface area contributed by atoms with Gasteiger partial charge in [0, 0.05) is 17.8 Å². The van der Waals surface area contributed by atoms with Gasteiger partial charge in [0.05, 0.1) is 15.9 Å². The number of hydrogen-bond donors (Lipinski definition) is 2. The zero-order valence-corrected chi connectivity index (χ0v) is 12.5. The van der Waals surface area contributed by atoms with E-state index in [1.54, 1.807) is 12.1 Å². The summed E-state index contributed by atoms with van der Waals surface area (Å²) < 4.78 is 0. The van der Waals surface area contributed by atoms with Gasteiger partial charge in [-0.25, -0.2) is 0 Å². The smallest absolute Gasteiger partial charge is 0.318 e. The molecule has 0 saturated heterocycles. The van der Waals surface area contributed by atoms with Gasteiger partial charge in [0.15, 0.2) is 0 Å². The van der Waals surface area contributed by atoms with Gasteiger partial charge in [-0.1, -0.05) is 13.0 Å². The Morgan fingerprint density at radius 1 is 1.12 bits per heavy atom. The van der Waals surface area contributed by atoms with Crippen molar-refractivity contribution in [3.63, 3.8) is 0 Å². The standard InChI is InChI=1S/C15H13N3O6/c1-2-9-3-4-14(19)12(5-9)16-8-10-6-11(17(21)22)7-13(15(10)20)18(23)24/h3-8,19-20H,2H2,1H3. The molecule has 0 aromatic heterocycles. The molecule has 0 saturated carbocycles. The number of non-ortho nitro benzene ring substituents is 1. The molecule has 9 nitrogen and oxygen atoms in total. The zero-order chi connectivity index (χ0) is 17.9. The molecular weight excluding hydrogens is 318 g/mol. The molecule has 0 fully saturated rings. The van der Waals surface area contributed by atoms with Gasteiger partial charge in [0.25, 0.3) is 5.69 Å². The van der Waals surface area contributed by atoms with Crippen LogP contribution in [-0.4, -0.2) is 26.3 Å². The summed E-state index contributed by atoms with van der Waals surface area (Å²) in [5.74, 6) is -0.858. The first-order valence-corrected chi connectivity index (χ1v) is 6.85. The van der Waals surface area contributed by atoms with Crippen LogP contribution < -0.4 is 0 Å². The third kappa shape index (κ3) is 3.46. The normalized spacial score (nSPS) is 10.9. The highest BCUT2D eigenvalue weighted by Gasteiger charge is 2.23. The number of hydrogen-bond acceptors (Lipinski definition) is 7. The molecule has 0 spiro atoms. The zero-order valence-electron chi connectivity index (χ0n) is 12.5. The molecule has 0 heterocycles.